The molecule has 4 heteroatoms. The monoisotopic (exact) mass is 293 g/mol. The molecule has 1 unspecified atom stereocenters. The highest BCUT2D eigenvalue weighted by molar-refractivity contribution is 7.99. The Morgan fingerprint density at radius 2 is 1.68 bits per heavy atom. The van der Waals surface area contributed by atoms with Crippen molar-refractivity contribution in [2.24, 2.45) is 5.73 Å². The third-order valence-electron chi connectivity index (χ3n) is 2.94. The van der Waals surface area contributed by atoms with Crippen LogP contribution in [0.4, 0.5) is 0 Å². The number of benzene rings is 2. The van der Waals surface area contributed by atoms with Crippen molar-refractivity contribution in [2.45, 2.75) is 10.4 Å². The van der Waals surface area contributed by atoms with E-state index >= 15 is 0 Å². The van der Waals surface area contributed by atoms with Gasteiger partial charge in [0, 0.05) is 15.7 Å². The Bertz CT molecular complexity index is 517. The second kappa shape index (κ2) is 6.44. The van der Waals surface area contributed by atoms with E-state index in [1.54, 1.807) is 11.8 Å². The van der Waals surface area contributed by atoms with Crippen LogP contribution in [0.2, 0.25) is 5.02 Å². The molecule has 2 aromatic carbocycles. The molecule has 0 aliphatic rings. The van der Waals surface area contributed by atoms with E-state index in [0.29, 0.717) is 10.8 Å². The first-order chi connectivity index (χ1) is 9.14. The predicted octanol–water partition coefficient (Wildman–Crippen LogP) is 3.28. The topological polar surface area (TPSA) is 46.2 Å². The highest BCUT2D eigenvalue weighted by Gasteiger charge is 2.26. The van der Waals surface area contributed by atoms with Crippen molar-refractivity contribution in [3.63, 3.8) is 0 Å². The van der Waals surface area contributed by atoms with Crippen LogP contribution >= 0.6 is 23.4 Å². The molecule has 0 fully saturated rings. The molecule has 100 valence electrons. The van der Waals surface area contributed by atoms with Gasteiger partial charge >= 0.3 is 0 Å². The minimum absolute atomic E-state index is 0.0857. The maximum absolute atomic E-state index is 9.60. The normalized spacial score (nSPS) is 14.1. The van der Waals surface area contributed by atoms with Crippen molar-refractivity contribution in [1.82, 2.24) is 0 Å². The largest absolute Gasteiger partial charge is 0.394 e. The Morgan fingerprint density at radius 3 is 2.26 bits per heavy atom. The highest BCUT2D eigenvalue weighted by atomic mass is 35.5. The Morgan fingerprint density at radius 1 is 1.05 bits per heavy atom. The number of hydrogen-bond donors (Lipinski definition) is 2. The quantitative estimate of drug-likeness (QED) is 0.832. The average molecular weight is 294 g/mol. The lowest BCUT2D eigenvalue weighted by atomic mass is 9.94. The van der Waals surface area contributed by atoms with Crippen LogP contribution in [0.1, 0.15) is 5.56 Å². The summed E-state index contributed by atoms with van der Waals surface area (Å²) in [5, 5.41) is 10.3. The maximum atomic E-state index is 9.60. The molecular weight excluding hydrogens is 278 g/mol. The summed E-state index contributed by atoms with van der Waals surface area (Å²) in [5.41, 5.74) is 6.51. The van der Waals surface area contributed by atoms with Gasteiger partial charge in [-0.3, -0.25) is 0 Å². The fraction of sp³-hybridized carbons (Fsp3) is 0.200. The molecule has 3 N–H and O–H groups in total. The summed E-state index contributed by atoms with van der Waals surface area (Å²) in [5.74, 6) is 0.606. The van der Waals surface area contributed by atoms with E-state index in [2.05, 4.69) is 0 Å². The standard InChI is InChI=1S/C15H16ClNOS/c16-13-6-8-14(9-7-13)19-11-15(17,10-18)12-4-2-1-3-5-12/h1-9,18H,10-11,17H2. The summed E-state index contributed by atoms with van der Waals surface area (Å²) in [6.45, 7) is -0.0857. The number of thioether (sulfide) groups is 1. The van der Waals surface area contributed by atoms with Crippen LogP contribution in [0.5, 0.6) is 0 Å². The van der Waals surface area contributed by atoms with Crippen LogP contribution in [-0.4, -0.2) is 17.5 Å². The summed E-state index contributed by atoms with van der Waals surface area (Å²) in [6, 6.07) is 17.3. The molecule has 2 aromatic rings. The fourth-order valence-corrected chi connectivity index (χ4v) is 2.87. The Balaban J connectivity index is 2.09. The molecule has 1 atom stereocenters. The predicted molar refractivity (Wildman–Crippen MR) is 81.6 cm³/mol. The van der Waals surface area contributed by atoms with Gasteiger partial charge in [0.2, 0.25) is 0 Å². The maximum Gasteiger partial charge on any atom is 0.0739 e. The molecular formula is C15H16ClNOS. The zero-order valence-corrected chi connectivity index (χ0v) is 12.0. The van der Waals surface area contributed by atoms with E-state index in [0.717, 1.165) is 10.5 Å². The summed E-state index contributed by atoms with van der Waals surface area (Å²) >= 11 is 7.46. The molecule has 0 aliphatic carbocycles. The van der Waals surface area contributed by atoms with Crippen molar-refractivity contribution < 1.29 is 5.11 Å². The molecule has 0 amide bonds. The lowest BCUT2D eigenvalue weighted by Crippen LogP contribution is -2.43. The molecule has 19 heavy (non-hydrogen) atoms. The zero-order chi connectivity index (χ0) is 13.7. The number of hydrogen-bond acceptors (Lipinski definition) is 3. The SMILES string of the molecule is NC(CO)(CSc1ccc(Cl)cc1)c1ccccc1. The summed E-state index contributed by atoms with van der Waals surface area (Å²) < 4.78 is 0. The molecule has 0 saturated heterocycles. The second-order valence-electron chi connectivity index (χ2n) is 4.42. The summed E-state index contributed by atoms with van der Waals surface area (Å²) in [6.07, 6.45) is 0. The summed E-state index contributed by atoms with van der Waals surface area (Å²) in [7, 11) is 0. The first kappa shape index (κ1) is 14.4. The van der Waals surface area contributed by atoms with Crippen molar-refractivity contribution >= 4 is 23.4 Å². The van der Waals surface area contributed by atoms with Crippen LogP contribution < -0.4 is 5.73 Å². The number of rotatable bonds is 5. The molecule has 2 rings (SSSR count). The molecule has 0 aromatic heterocycles. The van der Waals surface area contributed by atoms with Crippen molar-refractivity contribution in [2.75, 3.05) is 12.4 Å². The number of aliphatic hydroxyl groups excluding tert-OH is 1. The van der Waals surface area contributed by atoms with E-state index < -0.39 is 5.54 Å². The minimum atomic E-state index is -0.731. The van der Waals surface area contributed by atoms with Crippen LogP contribution in [0.15, 0.2) is 59.5 Å². The molecule has 2 nitrogen and oxygen atoms in total. The molecule has 0 saturated carbocycles. The van der Waals surface area contributed by atoms with Gasteiger partial charge in [0.25, 0.3) is 0 Å². The van der Waals surface area contributed by atoms with Crippen LogP contribution in [0, 0.1) is 0 Å². The van der Waals surface area contributed by atoms with Gasteiger partial charge in [-0.25, -0.2) is 0 Å². The van der Waals surface area contributed by atoms with E-state index in [4.69, 9.17) is 17.3 Å². The average Bonchev–Trinajstić information content (AvgIpc) is 2.47. The van der Waals surface area contributed by atoms with Gasteiger partial charge in [0.15, 0.2) is 0 Å². The first-order valence-electron chi connectivity index (χ1n) is 5.98. The zero-order valence-electron chi connectivity index (χ0n) is 10.4. The Kier molecular flexibility index (Phi) is 4.88. The van der Waals surface area contributed by atoms with E-state index in [9.17, 15) is 5.11 Å². The lowest BCUT2D eigenvalue weighted by molar-refractivity contribution is 0.213. The van der Waals surface area contributed by atoms with Gasteiger partial charge in [-0.2, -0.15) is 0 Å². The van der Waals surface area contributed by atoms with Crippen molar-refractivity contribution in [1.29, 1.82) is 0 Å². The van der Waals surface area contributed by atoms with Gasteiger partial charge in [-0.1, -0.05) is 41.9 Å². The molecule has 0 aliphatic heterocycles. The summed E-state index contributed by atoms with van der Waals surface area (Å²) in [4.78, 5) is 1.09. The first-order valence-corrected chi connectivity index (χ1v) is 7.34. The third kappa shape index (κ3) is 3.74. The van der Waals surface area contributed by atoms with E-state index in [1.165, 1.54) is 0 Å². The Labute approximate surface area is 122 Å². The van der Waals surface area contributed by atoms with Gasteiger partial charge in [-0.05, 0) is 29.8 Å². The smallest absolute Gasteiger partial charge is 0.0739 e. The van der Waals surface area contributed by atoms with Gasteiger partial charge in [0.1, 0.15) is 0 Å². The van der Waals surface area contributed by atoms with Gasteiger partial charge in [0.05, 0.1) is 12.1 Å². The molecule has 0 bridgehead atoms. The van der Waals surface area contributed by atoms with Crippen LogP contribution in [-0.2, 0) is 5.54 Å². The van der Waals surface area contributed by atoms with Crippen LogP contribution in [0.3, 0.4) is 0 Å². The molecule has 0 heterocycles. The lowest BCUT2D eigenvalue weighted by Gasteiger charge is -2.27. The minimum Gasteiger partial charge on any atom is -0.394 e. The molecule has 0 spiro atoms. The second-order valence-corrected chi connectivity index (χ2v) is 5.91. The van der Waals surface area contributed by atoms with Crippen molar-refractivity contribution in [3.8, 4) is 0 Å². The highest BCUT2D eigenvalue weighted by Crippen LogP contribution is 2.28. The number of halogens is 1. The Hall–Kier alpha value is -1.00. The van der Waals surface area contributed by atoms with Crippen LogP contribution in [0.25, 0.3) is 0 Å². The number of aliphatic hydroxyl groups is 1. The van der Waals surface area contributed by atoms with E-state index in [-0.39, 0.29) is 6.61 Å². The molecule has 0 radical (unpaired) electrons. The fourth-order valence-electron chi connectivity index (χ4n) is 1.73. The van der Waals surface area contributed by atoms with Crippen molar-refractivity contribution in [3.05, 3.63) is 65.2 Å². The number of nitrogens with two attached hydrogens (primary N) is 1. The third-order valence-corrected chi connectivity index (χ3v) is 4.46. The van der Waals surface area contributed by atoms with E-state index in [1.807, 2.05) is 54.6 Å². The van der Waals surface area contributed by atoms with Gasteiger partial charge in [-0.15, -0.1) is 11.8 Å². The van der Waals surface area contributed by atoms with Gasteiger partial charge < -0.3 is 10.8 Å².